The molecule has 1 heterocycles. The minimum atomic E-state index is -0.0797. The third-order valence-corrected chi connectivity index (χ3v) is 4.74. The molecule has 4 nitrogen and oxygen atoms in total. The van der Waals surface area contributed by atoms with Gasteiger partial charge in [0.05, 0.1) is 0 Å². The van der Waals surface area contributed by atoms with E-state index in [0.717, 1.165) is 18.1 Å². The van der Waals surface area contributed by atoms with Gasteiger partial charge in [0.15, 0.2) is 5.69 Å². The molecule has 3 rings (SSSR count). The van der Waals surface area contributed by atoms with Crippen LogP contribution in [0.3, 0.4) is 0 Å². The summed E-state index contributed by atoms with van der Waals surface area (Å²) in [5.41, 5.74) is 0.419. The summed E-state index contributed by atoms with van der Waals surface area (Å²) in [7, 11) is 0. The van der Waals surface area contributed by atoms with Crippen LogP contribution in [0.15, 0.2) is 10.6 Å². The summed E-state index contributed by atoms with van der Waals surface area (Å²) in [6, 6.07) is 2.13. The molecule has 1 N–H and O–H groups in total. The molecule has 4 heteroatoms. The fraction of sp³-hybridized carbons (Fsp3) is 0.750. The van der Waals surface area contributed by atoms with Crippen LogP contribution in [-0.4, -0.2) is 17.1 Å². The van der Waals surface area contributed by atoms with Crippen molar-refractivity contribution in [3.05, 3.63) is 17.5 Å². The van der Waals surface area contributed by atoms with E-state index in [-0.39, 0.29) is 11.8 Å². The first kappa shape index (κ1) is 13.7. The third kappa shape index (κ3) is 2.89. The fourth-order valence-corrected chi connectivity index (χ4v) is 3.37. The molecule has 1 amide bonds. The quantitative estimate of drug-likeness (QED) is 0.915. The van der Waals surface area contributed by atoms with Crippen molar-refractivity contribution < 1.29 is 9.32 Å². The number of carbonyl (C=O) groups excluding carboxylic acids is 1. The second-order valence-corrected chi connectivity index (χ2v) is 6.65. The van der Waals surface area contributed by atoms with Crippen LogP contribution in [0.25, 0.3) is 0 Å². The van der Waals surface area contributed by atoms with Crippen molar-refractivity contribution in [3.8, 4) is 0 Å². The smallest absolute Gasteiger partial charge is 0.273 e. The Hall–Kier alpha value is -1.32. The van der Waals surface area contributed by atoms with Crippen LogP contribution in [0.2, 0.25) is 0 Å². The second-order valence-electron chi connectivity index (χ2n) is 6.65. The summed E-state index contributed by atoms with van der Waals surface area (Å²) in [4.78, 5) is 12.1. The van der Waals surface area contributed by atoms with Gasteiger partial charge < -0.3 is 9.84 Å². The molecule has 0 unspecified atom stereocenters. The highest BCUT2D eigenvalue weighted by Crippen LogP contribution is 2.44. The average Bonchev–Trinajstić information content (AvgIpc) is 3.02. The first-order chi connectivity index (χ1) is 9.65. The largest absolute Gasteiger partial charge is 0.360 e. The van der Waals surface area contributed by atoms with Gasteiger partial charge in [-0.1, -0.05) is 51.1 Å². The lowest BCUT2D eigenvalue weighted by Crippen LogP contribution is -2.28. The monoisotopic (exact) mass is 276 g/mol. The zero-order valence-electron chi connectivity index (χ0n) is 12.4. The topological polar surface area (TPSA) is 55.1 Å². The van der Waals surface area contributed by atoms with Gasteiger partial charge >= 0.3 is 0 Å². The van der Waals surface area contributed by atoms with Crippen molar-refractivity contribution >= 4 is 5.91 Å². The summed E-state index contributed by atoms with van der Waals surface area (Å²) in [6.07, 6.45) is 7.95. The Kier molecular flexibility index (Phi) is 3.81. The number of hydrogen-bond donors (Lipinski definition) is 1. The lowest BCUT2D eigenvalue weighted by Gasteiger charge is -2.21. The van der Waals surface area contributed by atoms with Gasteiger partial charge in [0, 0.05) is 18.0 Å². The average molecular weight is 276 g/mol. The maximum atomic E-state index is 12.1. The summed E-state index contributed by atoms with van der Waals surface area (Å²) in [5, 5.41) is 6.98. The van der Waals surface area contributed by atoms with E-state index >= 15 is 0 Å². The Balaban J connectivity index is 1.52. The summed E-state index contributed by atoms with van der Waals surface area (Å²) < 4.78 is 5.18. The molecular weight excluding hydrogens is 252 g/mol. The van der Waals surface area contributed by atoms with E-state index in [1.54, 1.807) is 6.07 Å². The van der Waals surface area contributed by atoms with Crippen molar-refractivity contribution in [3.63, 3.8) is 0 Å². The van der Waals surface area contributed by atoms with Crippen molar-refractivity contribution in [1.29, 1.82) is 0 Å². The molecule has 0 bridgehead atoms. The van der Waals surface area contributed by atoms with Gasteiger partial charge in [-0.05, 0) is 18.3 Å². The normalized spacial score (nSPS) is 26.8. The van der Waals surface area contributed by atoms with E-state index < -0.39 is 0 Å². The van der Waals surface area contributed by atoms with Crippen LogP contribution in [0.4, 0.5) is 0 Å². The Morgan fingerprint density at radius 2 is 2.10 bits per heavy atom. The maximum Gasteiger partial charge on any atom is 0.273 e. The second kappa shape index (κ2) is 5.58. The zero-order valence-corrected chi connectivity index (χ0v) is 12.4. The molecule has 0 spiro atoms. The third-order valence-electron chi connectivity index (χ3n) is 4.74. The number of nitrogens with zero attached hydrogens (tertiary/aromatic N) is 1. The lowest BCUT2D eigenvalue weighted by atomic mass is 9.85. The van der Waals surface area contributed by atoms with Crippen molar-refractivity contribution in [2.45, 2.75) is 64.3 Å². The molecule has 110 valence electrons. The Morgan fingerprint density at radius 1 is 1.35 bits per heavy atom. The predicted octanol–water partition coefficient (Wildman–Crippen LogP) is 3.50. The number of carbonyl (C=O) groups is 1. The van der Waals surface area contributed by atoms with Gasteiger partial charge in [-0.3, -0.25) is 4.79 Å². The van der Waals surface area contributed by atoms with Crippen molar-refractivity contribution in [2.75, 3.05) is 0 Å². The first-order valence-electron chi connectivity index (χ1n) is 7.92. The molecule has 0 aromatic carbocycles. The maximum absolute atomic E-state index is 12.1. The molecule has 1 aromatic rings. The summed E-state index contributed by atoms with van der Waals surface area (Å²) >= 11 is 0. The summed E-state index contributed by atoms with van der Waals surface area (Å²) in [5.74, 6) is 2.49. The van der Waals surface area contributed by atoms with E-state index in [1.165, 1.54) is 32.1 Å². The van der Waals surface area contributed by atoms with Gasteiger partial charge in [0.1, 0.15) is 5.76 Å². The SMILES string of the molecule is CC(C)c1cc(C(=O)N[C@H]2C[C@@H]2C2CCCCC2)no1. The van der Waals surface area contributed by atoms with Gasteiger partial charge in [0.25, 0.3) is 5.91 Å². The van der Waals surface area contributed by atoms with Gasteiger partial charge in [-0.15, -0.1) is 0 Å². The van der Waals surface area contributed by atoms with Gasteiger partial charge in [-0.2, -0.15) is 0 Å². The molecule has 0 aliphatic heterocycles. The Labute approximate surface area is 120 Å². The minimum Gasteiger partial charge on any atom is -0.360 e. The van der Waals surface area contributed by atoms with E-state index in [1.807, 2.05) is 13.8 Å². The van der Waals surface area contributed by atoms with Crippen molar-refractivity contribution in [2.24, 2.45) is 11.8 Å². The summed E-state index contributed by atoms with van der Waals surface area (Å²) in [6.45, 7) is 4.06. The molecule has 2 aliphatic carbocycles. The number of aromatic nitrogens is 1. The van der Waals surface area contributed by atoms with Crippen LogP contribution in [0.5, 0.6) is 0 Å². The highest BCUT2D eigenvalue weighted by molar-refractivity contribution is 5.92. The molecule has 20 heavy (non-hydrogen) atoms. The van der Waals surface area contributed by atoms with Gasteiger partial charge in [0.2, 0.25) is 0 Å². The molecule has 0 radical (unpaired) electrons. The van der Waals surface area contributed by atoms with Crippen LogP contribution in [0.1, 0.15) is 74.5 Å². The molecule has 0 saturated heterocycles. The van der Waals surface area contributed by atoms with Crippen LogP contribution >= 0.6 is 0 Å². The standard InChI is InChI=1S/C16H24N2O2/c1-10(2)15-9-14(18-20-15)16(19)17-13-8-12(13)11-6-4-3-5-7-11/h9-13H,3-8H2,1-2H3,(H,17,19)/t12-,13+/m1/s1. The lowest BCUT2D eigenvalue weighted by molar-refractivity contribution is 0.0937. The number of nitrogens with one attached hydrogen (secondary N) is 1. The molecule has 2 saturated carbocycles. The molecule has 2 fully saturated rings. The van der Waals surface area contributed by atoms with E-state index in [9.17, 15) is 4.79 Å². The fourth-order valence-electron chi connectivity index (χ4n) is 3.37. The van der Waals surface area contributed by atoms with Crippen LogP contribution in [-0.2, 0) is 0 Å². The van der Waals surface area contributed by atoms with Gasteiger partial charge in [-0.25, -0.2) is 0 Å². The minimum absolute atomic E-state index is 0.0797. The van der Waals surface area contributed by atoms with Crippen LogP contribution < -0.4 is 5.32 Å². The number of hydrogen-bond acceptors (Lipinski definition) is 3. The molecular formula is C16H24N2O2. The Bertz CT molecular complexity index is 475. The van der Waals surface area contributed by atoms with E-state index in [2.05, 4.69) is 10.5 Å². The van der Waals surface area contributed by atoms with Crippen molar-refractivity contribution in [1.82, 2.24) is 10.5 Å². The Morgan fingerprint density at radius 3 is 2.75 bits per heavy atom. The molecule has 2 aliphatic rings. The predicted molar refractivity (Wildman–Crippen MR) is 76.5 cm³/mol. The first-order valence-corrected chi connectivity index (χ1v) is 7.92. The van der Waals surface area contributed by atoms with E-state index in [0.29, 0.717) is 17.7 Å². The van der Waals surface area contributed by atoms with Crippen LogP contribution in [0, 0.1) is 11.8 Å². The van der Waals surface area contributed by atoms with E-state index in [4.69, 9.17) is 4.52 Å². The number of amides is 1. The highest BCUT2D eigenvalue weighted by atomic mass is 16.5. The zero-order chi connectivity index (χ0) is 14.1. The highest BCUT2D eigenvalue weighted by Gasteiger charge is 2.44. The molecule has 1 aromatic heterocycles. The molecule has 2 atom stereocenters. The number of rotatable bonds is 4.